The average molecular weight is 292 g/mol. The van der Waals surface area contributed by atoms with E-state index in [1.54, 1.807) is 0 Å². The molecule has 0 aliphatic carbocycles. The Hall–Kier alpha value is -4.06. The van der Waals surface area contributed by atoms with E-state index < -0.39 is 0 Å². The molecule has 0 atom stereocenters. The van der Waals surface area contributed by atoms with Gasteiger partial charge in [0.1, 0.15) is 0 Å². The van der Waals surface area contributed by atoms with E-state index in [1.807, 2.05) is 0 Å². The Kier molecular flexibility index (Phi) is 4.17. The topological polar surface area (TPSA) is 195 Å². The van der Waals surface area contributed by atoms with Gasteiger partial charge < -0.3 is 0 Å². The fraction of sp³-hybridized carbons (Fsp3) is 0. The first-order valence-corrected chi connectivity index (χ1v) is 5.57. The van der Waals surface area contributed by atoms with Crippen LogP contribution in [0.4, 0.5) is 22.7 Å². The van der Waals surface area contributed by atoms with Crippen molar-refractivity contribution in [3.05, 3.63) is 66.0 Å². The summed E-state index contributed by atoms with van der Waals surface area (Å²) in [4.78, 5) is 10.8. The van der Waals surface area contributed by atoms with E-state index >= 15 is 0 Å². The van der Waals surface area contributed by atoms with Crippen LogP contribution < -0.4 is 0 Å². The minimum absolute atomic E-state index is 0.145. The maximum atomic E-state index is 8.64. The molecule has 0 saturated carbocycles. The van der Waals surface area contributed by atoms with Crippen LogP contribution in [0.15, 0.2) is 44.7 Å². The number of benzene rings is 2. The molecule has 12 heteroatoms. The molecule has 0 fully saturated rings. The fourth-order valence-corrected chi connectivity index (χ4v) is 1.95. The first-order valence-electron chi connectivity index (χ1n) is 5.57. The van der Waals surface area contributed by atoms with Gasteiger partial charge in [-0.1, -0.05) is 44.7 Å². The standard InChI is InChI=1S/C10H4N12/c11-19-15-5-1-2-6(16-20-12)10-8(18-22-14)4-3-7(9(5)10)17-21-13/h1-4H. The Morgan fingerprint density at radius 2 is 0.727 bits per heavy atom. The highest BCUT2D eigenvalue weighted by atomic mass is 15.2. The van der Waals surface area contributed by atoms with E-state index in [0.29, 0.717) is 0 Å². The summed E-state index contributed by atoms with van der Waals surface area (Å²) in [5, 5.41) is 14.5. The second kappa shape index (κ2) is 6.40. The smallest absolute Gasteiger partial charge is 0.0458 e. The Morgan fingerprint density at radius 3 is 0.909 bits per heavy atom. The molecule has 0 N–H and O–H groups in total. The Labute approximate surface area is 121 Å². The minimum atomic E-state index is 0.145. The highest BCUT2D eigenvalue weighted by molar-refractivity contribution is 6.11. The molecule has 0 saturated heterocycles. The van der Waals surface area contributed by atoms with Crippen LogP contribution in [0.1, 0.15) is 0 Å². The highest BCUT2D eigenvalue weighted by Gasteiger charge is 2.12. The number of hydrogen-bond donors (Lipinski definition) is 0. The number of hydrogen-bond acceptors (Lipinski definition) is 4. The first-order chi connectivity index (χ1) is 10.8. The predicted molar refractivity (Wildman–Crippen MR) is 79.2 cm³/mol. The van der Waals surface area contributed by atoms with Gasteiger partial charge in [-0.3, -0.25) is 0 Å². The number of nitrogens with zero attached hydrogens (tertiary/aromatic N) is 12. The Bertz CT molecular complexity index is 796. The fourth-order valence-electron chi connectivity index (χ4n) is 1.95. The van der Waals surface area contributed by atoms with Gasteiger partial charge >= 0.3 is 0 Å². The van der Waals surface area contributed by atoms with E-state index in [1.165, 1.54) is 24.3 Å². The normalized spacial score (nSPS) is 8.91. The van der Waals surface area contributed by atoms with Crippen molar-refractivity contribution in [3.63, 3.8) is 0 Å². The predicted octanol–water partition coefficient (Wildman–Crippen LogP) is 6.61. The zero-order valence-corrected chi connectivity index (χ0v) is 10.7. The zero-order valence-electron chi connectivity index (χ0n) is 10.7. The van der Waals surface area contributed by atoms with Gasteiger partial charge in [-0.2, -0.15) is 0 Å². The molecule has 0 unspecified atom stereocenters. The van der Waals surface area contributed by atoms with Crippen molar-refractivity contribution in [2.24, 2.45) is 20.5 Å². The maximum Gasteiger partial charge on any atom is 0.0458 e. The molecule has 104 valence electrons. The van der Waals surface area contributed by atoms with Crippen LogP contribution in [0.25, 0.3) is 52.5 Å². The summed E-state index contributed by atoms with van der Waals surface area (Å²) in [6.07, 6.45) is 0. The average Bonchev–Trinajstić information content (AvgIpc) is 2.52. The van der Waals surface area contributed by atoms with Crippen LogP contribution in [0.5, 0.6) is 0 Å². The van der Waals surface area contributed by atoms with Crippen LogP contribution in [0, 0.1) is 0 Å². The molecule has 2 rings (SSSR count). The van der Waals surface area contributed by atoms with Crippen molar-refractivity contribution in [2.75, 3.05) is 0 Å². The molecule has 0 spiro atoms. The van der Waals surface area contributed by atoms with Gasteiger partial charge in [0.2, 0.25) is 0 Å². The van der Waals surface area contributed by atoms with Crippen LogP contribution >= 0.6 is 0 Å². The Balaban J connectivity index is 3.15. The quantitative estimate of drug-likeness (QED) is 0.332. The van der Waals surface area contributed by atoms with E-state index in [4.69, 9.17) is 22.1 Å². The lowest BCUT2D eigenvalue weighted by atomic mass is 10.0. The van der Waals surface area contributed by atoms with Gasteiger partial charge in [-0.15, -0.1) is 0 Å². The molecule has 2 aromatic carbocycles. The summed E-state index contributed by atoms with van der Waals surface area (Å²) in [6.45, 7) is 0. The van der Waals surface area contributed by atoms with Crippen molar-refractivity contribution in [1.82, 2.24) is 0 Å². The molecule has 0 heterocycles. The van der Waals surface area contributed by atoms with E-state index in [0.717, 1.165) is 0 Å². The third kappa shape index (κ3) is 2.47. The largest absolute Gasteiger partial charge is 0.0601 e. The number of fused-ring (bicyclic) bond motifs is 1. The van der Waals surface area contributed by atoms with Gasteiger partial charge in [0.15, 0.2) is 0 Å². The van der Waals surface area contributed by atoms with Crippen molar-refractivity contribution in [2.45, 2.75) is 0 Å². The number of rotatable bonds is 4. The van der Waals surface area contributed by atoms with Crippen LogP contribution in [0.2, 0.25) is 0 Å². The maximum absolute atomic E-state index is 8.64. The van der Waals surface area contributed by atoms with E-state index in [-0.39, 0.29) is 33.5 Å². The molecule has 2 aromatic rings. The van der Waals surface area contributed by atoms with Crippen molar-refractivity contribution in [1.29, 1.82) is 0 Å². The molecule has 0 aliphatic rings. The Morgan fingerprint density at radius 1 is 0.500 bits per heavy atom. The van der Waals surface area contributed by atoms with Gasteiger partial charge in [-0.25, -0.2) is 0 Å². The molecule has 0 radical (unpaired) electrons. The number of azide groups is 4. The minimum Gasteiger partial charge on any atom is -0.0601 e. The van der Waals surface area contributed by atoms with Crippen molar-refractivity contribution < 1.29 is 0 Å². The molecular formula is C10H4N12. The van der Waals surface area contributed by atoms with Crippen LogP contribution in [0.3, 0.4) is 0 Å². The highest BCUT2D eigenvalue weighted by Crippen LogP contribution is 2.44. The van der Waals surface area contributed by atoms with Gasteiger partial charge in [0.25, 0.3) is 0 Å². The zero-order chi connectivity index (χ0) is 15.9. The lowest BCUT2D eigenvalue weighted by molar-refractivity contribution is 1.42. The second-order valence-electron chi connectivity index (χ2n) is 3.72. The van der Waals surface area contributed by atoms with Gasteiger partial charge in [-0.05, 0) is 22.1 Å². The summed E-state index contributed by atoms with van der Waals surface area (Å²) in [5.74, 6) is 0. The van der Waals surface area contributed by atoms with Crippen LogP contribution in [-0.4, -0.2) is 0 Å². The lowest BCUT2D eigenvalue weighted by Gasteiger charge is -2.10. The van der Waals surface area contributed by atoms with E-state index in [9.17, 15) is 0 Å². The molecular weight excluding hydrogens is 288 g/mol. The third-order valence-corrected chi connectivity index (χ3v) is 2.68. The van der Waals surface area contributed by atoms with Crippen molar-refractivity contribution >= 4 is 33.5 Å². The summed E-state index contributed by atoms with van der Waals surface area (Å²) < 4.78 is 0. The molecule has 0 aliphatic heterocycles. The second-order valence-corrected chi connectivity index (χ2v) is 3.72. The SMILES string of the molecule is [N-]=[N+]=Nc1ccc(N=[N+]=[N-])c2c(N=[N+]=[N-])ccc(N=[N+]=[N-])c12. The molecule has 12 nitrogen and oxygen atoms in total. The van der Waals surface area contributed by atoms with Crippen molar-refractivity contribution in [3.8, 4) is 0 Å². The lowest BCUT2D eigenvalue weighted by Crippen LogP contribution is -1.78. The third-order valence-electron chi connectivity index (χ3n) is 2.68. The summed E-state index contributed by atoms with van der Waals surface area (Å²) in [6, 6.07) is 5.62. The molecule has 0 aromatic heterocycles. The summed E-state index contributed by atoms with van der Waals surface area (Å²) in [5.41, 5.74) is 35.1. The van der Waals surface area contributed by atoms with Gasteiger partial charge in [0, 0.05) is 53.2 Å². The van der Waals surface area contributed by atoms with Gasteiger partial charge in [0.05, 0.1) is 0 Å². The molecule has 22 heavy (non-hydrogen) atoms. The monoisotopic (exact) mass is 292 g/mol. The van der Waals surface area contributed by atoms with E-state index in [2.05, 4.69) is 40.1 Å². The first kappa shape index (κ1) is 14.4. The molecule has 0 bridgehead atoms. The summed E-state index contributed by atoms with van der Waals surface area (Å²) in [7, 11) is 0. The molecule has 0 amide bonds. The van der Waals surface area contributed by atoms with Crippen LogP contribution in [-0.2, 0) is 0 Å². The summed E-state index contributed by atoms with van der Waals surface area (Å²) >= 11 is 0.